The molecule has 0 fully saturated rings. The van der Waals surface area contributed by atoms with E-state index in [-0.39, 0.29) is 30.0 Å². The van der Waals surface area contributed by atoms with Gasteiger partial charge in [0.05, 0.1) is 6.42 Å². The van der Waals surface area contributed by atoms with E-state index in [1.54, 1.807) is 18.2 Å². The van der Waals surface area contributed by atoms with Crippen molar-refractivity contribution in [2.75, 3.05) is 25.0 Å². The molecule has 0 aliphatic heterocycles. The molecular weight excluding hydrogens is 390 g/mol. The number of nitrogens with one attached hydrogen (secondary N) is 3. The highest BCUT2D eigenvalue weighted by Crippen LogP contribution is 2.20. The van der Waals surface area contributed by atoms with Gasteiger partial charge >= 0.3 is 0 Å². The lowest BCUT2D eigenvalue weighted by molar-refractivity contribution is -0.120. The van der Waals surface area contributed by atoms with Crippen molar-refractivity contribution in [2.45, 2.75) is 19.8 Å². The van der Waals surface area contributed by atoms with Crippen LogP contribution in [0, 0.1) is 0 Å². The zero-order valence-electron chi connectivity index (χ0n) is 16.4. The van der Waals surface area contributed by atoms with E-state index in [1.165, 1.54) is 0 Å². The van der Waals surface area contributed by atoms with Gasteiger partial charge in [-0.2, -0.15) is 0 Å². The number of carbonyl (C=O) groups is 2. The van der Waals surface area contributed by atoms with Crippen molar-refractivity contribution in [1.29, 1.82) is 0 Å². The van der Waals surface area contributed by atoms with Gasteiger partial charge in [-0.05, 0) is 42.8 Å². The van der Waals surface area contributed by atoms with Crippen molar-refractivity contribution in [1.82, 2.24) is 10.6 Å². The summed E-state index contributed by atoms with van der Waals surface area (Å²) in [6.07, 6.45) is 1.39. The first-order valence-electron chi connectivity index (χ1n) is 9.52. The largest absolute Gasteiger partial charge is 0.451 e. The van der Waals surface area contributed by atoms with Crippen LogP contribution in [0.1, 0.15) is 29.5 Å². The van der Waals surface area contributed by atoms with E-state index in [2.05, 4.69) is 22.9 Å². The summed E-state index contributed by atoms with van der Waals surface area (Å²) in [4.78, 5) is 24.3. The quantitative estimate of drug-likeness (QED) is 0.464. The number of halogens is 1. The van der Waals surface area contributed by atoms with Crippen molar-refractivity contribution in [3.05, 3.63) is 65.9 Å². The highest BCUT2D eigenvalue weighted by atomic mass is 35.5. The first-order valence-corrected chi connectivity index (χ1v) is 9.52. The van der Waals surface area contributed by atoms with Gasteiger partial charge in [0.15, 0.2) is 5.76 Å². The Labute approximate surface area is 176 Å². The lowest BCUT2D eigenvalue weighted by atomic mass is 10.1. The van der Waals surface area contributed by atoms with Crippen molar-refractivity contribution in [2.24, 2.45) is 0 Å². The lowest BCUT2D eigenvalue weighted by Gasteiger charge is -2.07. The van der Waals surface area contributed by atoms with E-state index in [9.17, 15) is 9.59 Å². The van der Waals surface area contributed by atoms with Gasteiger partial charge in [-0.1, -0.05) is 37.3 Å². The predicted molar refractivity (Wildman–Crippen MR) is 118 cm³/mol. The molecule has 0 spiro atoms. The van der Waals surface area contributed by atoms with E-state index >= 15 is 0 Å². The predicted octanol–water partition coefficient (Wildman–Crippen LogP) is 3.77. The minimum absolute atomic E-state index is 0. The summed E-state index contributed by atoms with van der Waals surface area (Å²) in [6.45, 7) is 4.45. The van der Waals surface area contributed by atoms with Crippen LogP contribution in [0.4, 0.5) is 5.69 Å². The van der Waals surface area contributed by atoms with E-state index in [1.807, 2.05) is 36.4 Å². The topological polar surface area (TPSA) is 83.4 Å². The fourth-order valence-electron chi connectivity index (χ4n) is 2.83. The maximum atomic E-state index is 12.4. The summed E-state index contributed by atoms with van der Waals surface area (Å²) in [5, 5.41) is 9.83. The summed E-state index contributed by atoms with van der Waals surface area (Å²) < 4.78 is 5.57. The molecule has 0 unspecified atom stereocenters. The third-order valence-electron chi connectivity index (χ3n) is 4.28. The molecule has 0 radical (unpaired) electrons. The van der Waals surface area contributed by atoms with Crippen molar-refractivity contribution in [3.8, 4) is 0 Å². The third kappa shape index (κ3) is 6.62. The average Bonchev–Trinajstić information content (AvgIpc) is 3.14. The Bertz CT molecular complexity index is 905. The molecule has 7 heteroatoms. The third-order valence-corrected chi connectivity index (χ3v) is 4.28. The smallest absolute Gasteiger partial charge is 0.291 e. The molecule has 154 valence electrons. The molecule has 1 aromatic heterocycles. The van der Waals surface area contributed by atoms with Gasteiger partial charge in [0.25, 0.3) is 5.91 Å². The number of hydrogen-bond donors (Lipinski definition) is 3. The summed E-state index contributed by atoms with van der Waals surface area (Å²) in [7, 11) is 0. The SMILES string of the molecule is CCCNCCNC(=O)Cc1ccc(NC(=O)c2cc3ccccc3o2)cc1.Cl. The lowest BCUT2D eigenvalue weighted by Crippen LogP contribution is -2.32. The molecule has 0 bridgehead atoms. The monoisotopic (exact) mass is 415 g/mol. The highest BCUT2D eigenvalue weighted by Gasteiger charge is 2.12. The number of carbonyl (C=O) groups excluding carboxylic acids is 2. The van der Waals surface area contributed by atoms with Crippen LogP contribution in [0.2, 0.25) is 0 Å². The molecule has 0 atom stereocenters. The van der Waals surface area contributed by atoms with E-state index in [0.717, 1.165) is 30.5 Å². The molecule has 0 saturated carbocycles. The maximum absolute atomic E-state index is 12.4. The number of amides is 2. The zero-order valence-corrected chi connectivity index (χ0v) is 17.2. The van der Waals surface area contributed by atoms with Gasteiger partial charge in [-0.3, -0.25) is 9.59 Å². The van der Waals surface area contributed by atoms with Gasteiger partial charge < -0.3 is 20.4 Å². The summed E-state index contributed by atoms with van der Waals surface area (Å²) in [5.41, 5.74) is 2.22. The van der Waals surface area contributed by atoms with Crippen LogP contribution >= 0.6 is 12.4 Å². The second-order valence-corrected chi connectivity index (χ2v) is 6.58. The van der Waals surface area contributed by atoms with Crippen molar-refractivity contribution < 1.29 is 14.0 Å². The summed E-state index contributed by atoms with van der Waals surface area (Å²) in [6, 6.07) is 16.4. The fourth-order valence-corrected chi connectivity index (χ4v) is 2.83. The van der Waals surface area contributed by atoms with E-state index < -0.39 is 0 Å². The number of furan rings is 1. The van der Waals surface area contributed by atoms with Crippen LogP contribution in [-0.4, -0.2) is 31.4 Å². The molecule has 3 N–H and O–H groups in total. The second kappa shape index (κ2) is 11.2. The van der Waals surface area contributed by atoms with Gasteiger partial charge in [0.1, 0.15) is 5.58 Å². The molecule has 2 aromatic carbocycles. The molecule has 6 nitrogen and oxygen atoms in total. The summed E-state index contributed by atoms with van der Waals surface area (Å²) in [5.74, 6) is -0.0556. The molecule has 3 aromatic rings. The fraction of sp³-hybridized carbons (Fsp3) is 0.273. The Morgan fingerprint density at radius 1 is 0.966 bits per heavy atom. The normalized spacial score (nSPS) is 10.4. The minimum atomic E-state index is -0.304. The molecule has 0 aliphatic rings. The average molecular weight is 416 g/mol. The Morgan fingerprint density at radius 3 is 2.45 bits per heavy atom. The molecule has 29 heavy (non-hydrogen) atoms. The molecule has 2 amide bonds. The van der Waals surface area contributed by atoms with E-state index in [0.29, 0.717) is 24.2 Å². The molecule has 0 aliphatic carbocycles. The van der Waals surface area contributed by atoms with Crippen LogP contribution in [0.5, 0.6) is 0 Å². The Hall–Kier alpha value is -2.83. The van der Waals surface area contributed by atoms with Gasteiger partial charge in [-0.25, -0.2) is 0 Å². The molecule has 0 saturated heterocycles. The first-order chi connectivity index (χ1) is 13.7. The van der Waals surface area contributed by atoms with Crippen molar-refractivity contribution >= 4 is 40.9 Å². The van der Waals surface area contributed by atoms with Crippen LogP contribution < -0.4 is 16.0 Å². The van der Waals surface area contributed by atoms with Crippen LogP contribution in [-0.2, 0) is 11.2 Å². The Kier molecular flexibility index (Phi) is 8.70. The van der Waals surface area contributed by atoms with Crippen LogP contribution in [0.3, 0.4) is 0 Å². The Morgan fingerprint density at radius 2 is 1.72 bits per heavy atom. The zero-order chi connectivity index (χ0) is 19.8. The maximum Gasteiger partial charge on any atom is 0.291 e. The number of benzene rings is 2. The van der Waals surface area contributed by atoms with Gasteiger partial charge in [0.2, 0.25) is 5.91 Å². The van der Waals surface area contributed by atoms with Crippen molar-refractivity contribution in [3.63, 3.8) is 0 Å². The number of rotatable bonds is 9. The van der Waals surface area contributed by atoms with Crippen LogP contribution in [0.25, 0.3) is 11.0 Å². The molecule has 1 heterocycles. The standard InChI is InChI=1S/C22H25N3O3.ClH/c1-2-11-23-12-13-24-21(26)14-16-7-9-18(10-8-16)25-22(27)20-15-17-5-3-4-6-19(17)28-20;/h3-10,15,23H,2,11-14H2,1H3,(H,24,26)(H,25,27);1H. The summed E-state index contributed by atoms with van der Waals surface area (Å²) >= 11 is 0. The Balaban J connectivity index is 0.00000300. The van der Waals surface area contributed by atoms with Gasteiger partial charge in [0, 0.05) is 24.2 Å². The molecule has 3 rings (SSSR count). The number of para-hydroxylation sites is 1. The highest BCUT2D eigenvalue weighted by molar-refractivity contribution is 6.04. The molecular formula is C22H26ClN3O3. The second-order valence-electron chi connectivity index (χ2n) is 6.58. The minimum Gasteiger partial charge on any atom is -0.451 e. The van der Waals surface area contributed by atoms with E-state index in [4.69, 9.17) is 4.42 Å². The number of hydrogen-bond acceptors (Lipinski definition) is 4. The number of fused-ring (bicyclic) bond motifs is 1. The van der Waals surface area contributed by atoms with Crippen LogP contribution in [0.15, 0.2) is 59.0 Å². The first kappa shape index (κ1) is 22.5. The van der Waals surface area contributed by atoms with Gasteiger partial charge in [-0.15, -0.1) is 12.4 Å². The number of anilines is 1.